The van der Waals surface area contributed by atoms with Crippen LogP contribution in [0.15, 0.2) is 70.5 Å². The molecule has 0 unspecified atom stereocenters. The molecule has 0 aliphatic rings. The first-order chi connectivity index (χ1) is 13.5. The van der Waals surface area contributed by atoms with Gasteiger partial charge >= 0.3 is 0 Å². The highest BCUT2D eigenvalue weighted by molar-refractivity contribution is 7.93. The van der Waals surface area contributed by atoms with Gasteiger partial charge in [-0.05, 0) is 51.1 Å². The summed E-state index contributed by atoms with van der Waals surface area (Å²) in [6.07, 6.45) is 0. The molecule has 0 saturated heterocycles. The number of aromatic nitrogens is 1. The minimum Gasteiger partial charge on any atom is -0.295 e. The summed E-state index contributed by atoms with van der Waals surface area (Å²) < 4.78 is 55.3. The van der Waals surface area contributed by atoms with E-state index >= 15 is 0 Å². The average molecular weight is 433 g/mol. The number of nitrogens with zero attached hydrogens (tertiary/aromatic N) is 1. The highest BCUT2D eigenvalue weighted by Gasteiger charge is 2.28. The van der Waals surface area contributed by atoms with Gasteiger partial charge in [0.05, 0.1) is 10.6 Å². The lowest BCUT2D eigenvalue weighted by Crippen LogP contribution is -2.18. The molecule has 1 aromatic heterocycles. The summed E-state index contributed by atoms with van der Waals surface area (Å²) in [5.41, 5.74) is 0.918. The molecule has 0 atom stereocenters. The van der Waals surface area contributed by atoms with Gasteiger partial charge in [-0.15, -0.1) is 0 Å². The third-order valence-electron chi connectivity index (χ3n) is 4.41. The van der Waals surface area contributed by atoms with Gasteiger partial charge in [0.25, 0.3) is 20.0 Å². The minimum atomic E-state index is -4.08. The van der Waals surface area contributed by atoms with E-state index < -0.39 is 20.0 Å². The third-order valence-corrected chi connectivity index (χ3v) is 7.82. The van der Waals surface area contributed by atoms with Crippen LogP contribution in [0.2, 0.25) is 0 Å². The molecule has 0 spiro atoms. The fraction of sp³-hybridized carbons (Fsp3) is 0.150. The third kappa shape index (κ3) is 3.96. The van der Waals surface area contributed by atoms with E-state index in [4.69, 9.17) is 0 Å². The molecular formula is C20H20N2O5S2. The number of sulfonamides is 1. The Hall–Kier alpha value is -2.91. The Morgan fingerprint density at radius 1 is 0.897 bits per heavy atom. The molecule has 152 valence electrons. The smallest absolute Gasteiger partial charge is 0.268 e. The van der Waals surface area contributed by atoms with Crippen LogP contribution in [-0.4, -0.2) is 26.6 Å². The van der Waals surface area contributed by atoms with Crippen molar-refractivity contribution in [2.75, 3.05) is 4.72 Å². The Kier molecular flexibility index (Phi) is 5.38. The Morgan fingerprint density at radius 3 is 2.17 bits per heavy atom. The first-order valence-corrected chi connectivity index (χ1v) is 11.6. The molecule has 0 aliphatic carbocycles. The maximum absolute atomic E-state index is 13.0. The molecule has 2 aromatic carbocycles. The summed E-state index contributed by atoms with van der Waals surface area (Å²) in [6, 6.07) is 15.2. The maximum atomic E-state index is 13.0. The molecule has 29 heavy (non-hydrogen) atoms. The molecule has 1 N–H and O–H groups in total. The van der Waals surface area contributed by atoms with E-state index in [9.17, 15) is 21.6 Å². The lowest BCUT2D eigenvalue weighted by molar-refractivity contribution is 0.101. The average Bonchev–Trinajstić information content (AvgIpc) is 2.98. The van der Waals surface area contributed by atoms with Crippen molar-refractivity contribution in [3.8, 4) is 0 Å². The molecular weight excluding hydrogens is 412 g/mol. The summed E-state index contributed by atoms with van der Waals surface area (Å²) in [7, 11) is -8.03. The number of aryl methyl sites for hydroxylation is 1. The van der Waals surface area contributed by atoms with Crippen molar-refractivity contribution < 1.29 is 21.6 Å². The van der Waals surface area contributed by atoms with Gasteiger partial charge in [0.15, 0.2) is 5.78 Å². The molecule has 1 heterocycles. The molecule has 0 aliphatic heterocycles. The summed E-state index contributed by atoms with van der Waals surface area (Å²) in [4.78, 5) is 11.4. The summed E-state index contributed by atoms with van der Waals surface area (Å²) in [5, 5.41) is 0. The SMILES string of the molecule is CC(=O)c1cccc(NS(=O)(=O)c2cc(C)n(S(=O)(=O)c3ccccc3)c2C)c1. The maximum Gasteiger partial charge on any atom is 0.268 e. The number of ketones is 1. The zero-order valence-electron chi connectivity index (χ0n) is 16.1. The molecule has 0 saturated carbocycles. The first-order valence-electron chi connectivity index (χ1n) is 8.67. The van der Waals surface area contributed by atoms with E-state index in [-0.39, 0.29) is 32.6 Å². The Labute approximate surface area is 170 Å². The molecule has 0 bridgehead atoms. The van der Waals surface area contributed by atoms with Gasteiger partial charge in [-0.3, -0.25) is 9.52 Å². The predicted molar refractivity (Wildman–Crippen MR) is 110 cm³/mol. The first kappa shape index (κ1) is 20.8. The Balaban J connectivity index is 2.06. The summed E-state index contributed by atoms with van der Waals surface area (Å²) in [6.45, 7) is 4.35. The molecule has 7 nitrogen and oxygen atoms in total. The van der Waals surface area contributed by atoms with Crippen LogP contribution in [0.5, 0.6) is 0 Å². The molecule has 3 rings (SSSR count). The quantitative estimate of drug-likeness (QED) is 0.602. The van der Waals surface area contributed by atoms with Gasteiger partial charge < -0.3 is 0 Å². The fourth-order valence-corrected chi connectivity index (χ4v) is 6.08. The van der Waals surface area contributed by atoms with Gasteiger partial charge in [-0.25, -0.2) is 20.8 Å². The molecule has 3 aromatic rings. The number of hydrogen-bond donors (Lipinski definition) is 1. The van der Waals surface area contributed by atoms with E-state index in [1.54, 1.807) is 30.3 Å². The molecule has 0 amide bonds. The predicted octanol–water partition coefficient (Wildman–Crippen LogP) is 3.35. The molecule has 0 radical (unpaired) electrons. The van der Waals surface area contributed by atoms with Gasteiger partial charge in [0.2, 0.25) is 0 Å². The van der Waals surface area contributed by atoms with Gasteiger partial charge in [-0.1, -0.05) is 30.3 Å². The van der Waals surface area contributed by atoms with Gasteiger partial charge in [0.1, 0.15) is 4.90 Å². The number of anilines is 1. The van der Waals surface area contributed by atoms with Crippen LogP contribution < -0.4 is 4.72 Å². The van der Waals surface area contributed by atoms with Crippen molar-refractivity contribution >= 4 is 31.5 Å². The second-order valence-electron chi connectivity index (χ2n) is 6.56. The van der Waals surface area contributed by atoms with Crippen molar-refractivity contribution in [1.29, 1.82) is 0 Å². The lowest BCUT2D eigenvalue weighted by atomic mass is 10.1. The largest absolute Gasteiger partial charge is 0.295 e. The van der Waals surface area contributed by atoms with E-state index in [2.05, 4.69) is 4.72 Å². The van der Waals surface area contributed by atoms with E-state index in [0.717, 1.165) is 3.97 Å². The van der Waals surface area contributed by atoms with Crippen LogP contribution in [0.3, 0.4) is 0 Å². The number of nitrogens with one attached hydrogen (secondary N) is 1. The van der Waals surface area contributed by atoms with Crippen molar-refractivity contribution in [3.05, 3.63) is 77.6 Å². The van der Waals surface area contributed by atoms with Crippen molar-refractivity contribution in [2.45, 2.75) is 30.6 Å². The number of carbonyl (C=O) groups is 1. The fourth-order valence-electron chi connectivity index (χ4n) is 3.07. The zero-order chi connectivity index (χ0) is 21.4. The molecule has 0 fully saturated rings. The number of benzene rings is 2. The van der Waals surface area contributed by atoms with Gasteiger partial charge in [0, 0.05) is 16.9 Å². The van der Waals surface area contributed by atoms with E-state index in [1.807, 2.05) is 0 Å². The van der Waals surface area contributed by atoms with Crippen LogP contribution in [0, 0.1) is 13.8 Å². The highest BCUT2D eigenvalue weighted by atomic mass is 32.2. The van der Waals surface area contributed by atoms with Crippen LogP contribution in [-0.2, 0) is 20.0 Å². The lowest BCUT2D eigenvalue weighted by Gasteiger charge is -2.12. The van der Waals surface area contributed by atoms with Crippen molar-refractivity contribution in [3.63, 3.8) is 0 Å². The van der Waals surface area contributed by atoms with Crippen LogP contribution in [0.25, 0.3) is 0 Å². The van der Waals surface area contributed by atoms with Crippen molar-refractivity contribution in [2.24, 2.45) is 0 Å². The molecule has 9 heteroatoms. The number of Topliss-reactive ketones (excluding diaryl/α,β-unsaturated/α-hetero) is 1. The summed E-state index contributed by atoms with van der Waals surface area (Å²) >= 11 is 0. The minimum absolute atomic E-state index is 0.0628. The normalized spacial score (nSPS) is 12.0. The number of carbonyl (C=O) groups excluding carboxylic acids is 1. The number of hydrogen-bond acceptors (Lipinski definition) is 5. The zero-order valence-corrected chi connectivity index (χ0v) is 17.7. The highest BCUT2D eigenvalue weighted by Crippen LogP contribution is 2.27. The second kappa shape index (κ2) is 7.49. The standard InChI is InChI=1S/C20H20N2O5S2/c1-14-12-20(15(2)22(14)29(26,27)19-10-5-4-6-11-19)28(24,25)21-18-9-7-8-17(13-18)16(3)23/h4-13,21H,1-3H3. The Morgan fingerprint density at radius 2 is 1.55 bits per heavy atom. The van der Waals surface area contributed by atoms with E-state index in [1.165, 1.54) is 51.1 Å². The Bertz CT molecular complexity index is 1290. The topological polar surface area (TPSA) is 102 Å². The van der Waals surface area contributed by atoms with Crippen LogP contribution in [0.1, 0.15) is 28.7 Å². The van der Waals surface area contributed by atoms with E-state index in [0.29, 0.717) is 5.56 Å². The van der Waals surface area contributed by atoms with Crippen LogP contribution in [0.4, 0.5) is 5.69 Å². The van der Waals surface area contributed by atoms with Crippen LogP contribution >= 0.6 is 0 Å². The second-order valence-corrected chi connectivity index (χ2v) is 10.00. The van der Waals surface area contributed by atoms with Gasteiger partial charge in [-0.2, -0.15) is 0 Å². The summed E-state index contributed by atoms with van der Waals surface area (Å²) in [5.74, 6) is -0.196. The monoisotopic (exact) mass is 432 g/mol. The van der Waals surface area contributed by atoms with Crippen molar-refractivity contribution in [1.82, 2.24) is 3.97 Å². The number of rotatable bonds is 6.